The monoisotopic (exact) mass is 240 g/mol. The summed E-state index contributed by atoms with van der Waals surface area (Å²) >= 11 is 0. The average Bonchev–Trinajstić information content (AvgIpc) is 2.63. The van der Waals surface area contributed by atoms with E-state index in [1.165, 1.54) is 7.05 Å². The molecule has 1 amide bonds. The number of amides is 1. The standard InChI is InChI=1S/C8H11F3N2O3/c1-12-6(14)5-2-3-13(4-5)16-7(15)8(9,10)11/h5H,2-4H2,1H3,(H,12,14). The molecule has 0 aromatic heterocycles. The Bertz CT molecular complexity index is 293. The molecule has 16 heavy (non-hydrogen) atoms. The molecule has 1 saturated heterocycles. The Balaban J connectivity index is 2.43. The van der Waals surface area contributed by atoms with E-state index in [0.29, 0.717) is 6.42 Å². The zero-order valence-corrected chi connectivity index (χ0v) is 8.50. The molecule has 0 aliphatic carbocycles. The van der Waals surface area contributed by atoms with Crippen LogP contribution in [0.4, 0.5) is 13.2 Å². The maximum absolute atomic E-state index is 11.8. The highest BCUT2D eigenvalue weighted by molar-refractivity contribution is 5.79. The molecule has 1 atom stereocenters. The number of rotatable bonds is 2. The normalized spacial score (nSPS) is 21.9. The minimum absolute atomic E-state index is 0.0124. The number of halogens is 3. The Hall–Kier alpha value is -1.31. The zero-order valence-electron chi connectivity index (χ0n) is 8.50. The van der Waals surface area contributed by atoms with Crippen LogP contribution in [0, 0.1) is 5.92 Å². The first-order valence-corrected chi connectivity index (χ1v) is 4.60. The van der Waals surface area contributed by atoms with E-state index in [4.69, 9.17) is 0 Å². The maximum atomic E-state index is 11.8. The van der Waals surface area contributed by atoms with Crippen LogP contribution in [0.2, 0.25) is 0 Å². The van der Waals surface area contributed by atoms with Gasteiger partial charge in [0.05, 0.1) is 5.92 Å². The van der Waals surface area contributed by atoms with Gasteiger partial charge in [0, 0.05) is 20.1 Å². The van der Waals surface area contributed by atoms with Crippen LogP contribution in [0.25, 0.3) is 0 Å². The molecule has 1 N–H and O–H groups in total. The number of carbonyl (C=O) groups excluding carboxylic acids is 2. The lowest BCUT2D eigenvalue weighted by molar-refractivity contribution is -0.235. The Morgan fingerprint density at radius 2 is 2.06 bits per heavy atom. The molecule has 0 spiro atoms. The Morgan fingerprint density at radius 1 is 1.44 bits per heavy atom. The van der Waals surface area contributed by atoms with Crippen LogP contribution in [0.5, 0.6) is 0 Å². The van der Waals surface area contributed by atoms with E-state index in [9.17, 15) is 22.8 Å². The van der Waals surface area contributed by atoms with Crippen LogP contribution < -0.4 is 5.32 Å². The molecule has 1 fully saturated rings. The predicted octanol–water partition coefficient (Wildman–Crippen LogP) is 0.0748. The fourth-order valence-electron chi connectivity index (χ4n) is 1.40. The summed E-state index contributed by atoms with van der Waals surface area (Å²) in [7, 11) is 1.44. The Labute approximate surface area is 89.5 Å². The number of hydrogen-bond donors (Lipinski definition) is 1. The highest BCUT2D eigenvalue weighted by Gasteiger charge is 2.43. The van der Waals surface area contributed by atoms with E-state index in [1.807, 2.05) is 0 Å². The summed E-state index contributed by atoms with van der Waals surface area (Å²) in [6.07, 6.45) is -4.64. The van der Waals surface area contributed by atoms with E-state index in [0.717, 1.165) is 5.06 Å². The molecule has 1 unspecified atom stereocenters. The molecule has 0 aromatic carbocycles. The number of hydroxylamine groups is 2. The predicted molar refractivity (Wildman–Crippen MR) is 45.9 cm³/mol. The molecule has 1 rings (SSSR count). The minimum atomic E-state index is -5.01. The van der Waals surface area contributed by atoms with Crippen molar-refractivity contribution in [3.8, 4) is 0 Å². The van der Waals surface area contributed by atoms with Crippen molar-refractivity contribution in [2.45, 2.75) is 12.6 Å². The molecule has 0 bridgehead atoms. The van der Waals surface area contributed by atoms with E-state index < -0.39 is 18.1 Å². The second kappa shape index (κ2) is 4.69. The Kier molecular flexibility index (Phi) is 3.74. The van der Waals surface area contributed by atoms with Gasteiger partial charge in [-0.1, -0.05) is 0 Å². The van der Waals surface area contributed by atoms with Crippen molar-refractivity contribution < 1.29 is 27.6 Å². The van der Waals surface area contributed by atoms with E-state index in [-0.39, 0.29) is 19.0 Å². The van der Waals surface area contributed by atoms with Crippen molar-refractivity contribution in [3.63, 3.8) is 0 Å². The third kappa shape index (κ3) is 3.09. The minimum Gasteiger partial charge on any atom is -0.361 e. The fourth-order valence-corrected chi connectivity index (χ4v) is 1.40. The average molecular weight is 240 g/mol. The van der Waals surface area contributed by atoms with Crippen molar-refractivity contribution in [1.29, 1.82) is 0 Å². The Morgan fingerprint density at radius 3 is 2.56 bits per heavy atom. The molecule has 1 aliphatic heterocycles. The van der Waals surface area contributed by atoms with E-state index >= 15 is 0 Å². The summed E-state index contributed by atoms with van der Waals surface area (Å²) in [5.74, 6) is -2.97. The lowest BCUT2D eigenvalue weighted by Crippen LogP contribution is -2.35. The van der Waals surface area contributed by atoms with Gasteiger partial charge in [0.1, 0.15) is 0 Å². The van der Waals surface area contributed by atoms with E-state index in [2.05, 4.69) is 10.2 Å². The van der Waals surface area contributed by atoms with Gasteiger partial charge in [-0.05, 0) is 6.42 Å². The van der Waals surface area contributed by atoms with Crippen molar-refractivity contribution in [3.05, 3.63) is 0 Å². The van der Waals surface area contributed by atoms with Crippen molar-refractivity contribution in [2.75, 3.05) is 20.1 Å². The van der Waals surface area contributed by atoms with Crippen LogP contribution in [0.1, 0.15) is 6.42 Å². The SMILES string of the molecule is CNC(=O)C1CCN(OC(=O)C(F)(F)F)C1. The molecule has 0 radical (unpaired) electrons. The third-order valence-corrected chi connectivity index (χ3v) is 2.21. The molecule has 8 heteroatoms. The van der Waals surface area contributed by atoms with Crippen LogP contribution in [0.15, 0.2) is 0 Å². The van der Waals surface area contributed by atoms with Crippen LogP contribution in [-0.2, 0) is 14.4 Å². The fraction of sp³-hybridized carbons (Fsp3) is 0.750. The lowest BCUT2D eigenvalue weighted by Gasteiger charge is -2.15. The first-order chi connectivity index (χ1) is 7.34. The number of nitrogens with zero attached hydrogens (tertiary/aromatic N) is 1. The maximum Gasteiger partial charge on any atom is 0.492 e. The van der Waals surface area contributed by atoms with Gasteiger partial charge in [-0.3, -0.25) is 4.79 Å². The van der Waals surface area contributed by atoms with Gasteiger partial charge >= 0.3 is 12.1 Å². The smallest absolute Gasteiger partial charge is 0.361 e. The van der Waals surface area contributed by atoms with E-state index in [1.54, 1.807) is 0 Å². The summed E-state index contributed by atoms with van der Waals surface area (Å²) in [6.45, 7) is 0.113. The second-order valence-electron chi connectivity index (χ2n) is 3.36. The second-order valence-corrected chi connectivity index (χ2v) is 3.36. The molecule has 5 nitrogen and oxygen atoms in total. The van der Waals surface area contributed by atoms with Gasteiger partial charge in [-0.25, -0.2) is 4.79 Å². The first-order valence-electron chi connectivity index (χ1n) is 4.60. The zero-order chi connectivity index (χ0) is 12.3. The van der Waals surface area contributed by atoms with Gasteiger partial charge in [0.15, 0.2) is 0 Å². The van der Waals surface area contributed by atoms with Gasteiger partial charge < -0.3 is 10.2 Å². The summed E-state index contributed by atoms with van der Waals surface area (Å²) in [4.78, 5) is 25.7. The first kappa shape index (κ1) is 12.8. The highest BCUT2D eigenvalue weighted by Crippen LogP contribution is 2.21. The number of alkyl halides is 3. The molecule has 92 valence electrons. The number of nitrogens with one attached hydrogen (secondary N) is 1. The summed E-state index contributed by atoms with van der Waals surface area (Å²) in [6, 6.07) is 0. The molecule has 0 saturated carbocycles. The molecule has 0 aromatic rings. The van der Waals surface area contributed by atoms with Crippen LogP contribution >= 0.6 is 0 Å². The topological polar surface area (TPSA) is 58.6 Å². The van der Waals surface area contributed by atoms with Gasteiger partial charge in [-0.2, -0.15) is 13.2 Å². The van der Waals surface area contributed by atoms with Gasteiger partial charge in [0.25, 0.3) is 0 Å². The summed E-state index contributed by atoms with van der Waals surface area (Å²) < 4.78 is 35.5. The van der Waals surface area contributed by atoms with Crippen LogP contribution in [0.3, 0.4) is 0 Å². The summed E-state index contributed by atoms with van der Waals surface area (Å²) in [5, 5.41) is 3.24. The summed E-state index contributed by atoms with van der Waals surface area (Å²) in [5.41, 5.74) is 0. The lowest BCUT2D eigenvalue weighted by atomic mass is 10.1. The highest BCUT2D eigenvalue weighted by atomic mass is 19.4. The van der Waals surface area contributed by atoms with Gasteiger partial charge in [0.2, 0.25) is 5.91 Å². The molecule has 1 heterocycles. The molecular formula is C8H11F3N2O3. The largest absolute Gasteiger partial charge is 0.492 e. The number of carbonyl (C=O) groups is 2. The van der Waals surface area contributed by atoms with Crippen molar-refractivity contribution in [2.24, 2.45) is 5.92 Å². The molecular weight excluding hydrogens is 229 g/mol. The third-order valence-electron chi connectivity index (χ3n) is 2.21. The van der Waals surface area contributed by atoms with Crippen LogP contribution in [-0.4, -0.2) is 43.3 Å². The quantitative estimate of drug-likeness (QED) is 0.742. The van der Waals surface area contributed by atoms with Gasteiger partial charge in [-0.15, -0.1) is 5.06 Å². The molecule has 1 aliphatic rings. The number of hydrogen-bond acceptors (Lipinski definition) is 4. The van der Waals surface area contributed by atoms with Crippen molar-refractivity contribution in [1.82, 2.24) is 10.4 Å². The van der Waals surface area contributed by atoms with Crippen molar-refractivity contribution >= 4 is 11.9 Å².